The van der Waals surface area contributed by atoms with Gasteiger partial charge in [-0.3, -0.25) is 9.36 Å². The molecule has 35 heavy (non-hydrogen) atoms. The molecule has 9 heteroatoms. The molecule has 0 fully saturated rings. The van der Waals surface area contributed by atoms with Crippen molar-refractivity contribution in [1.29, 1.82) is 0 Å². The van der Waals surface area contributed by atoms with Gasteiger partial charge in [0.15, 0.2) is 17.2 Å². The molecule has 6 aromatic rings. The lowest BCUT2D eigenvalue weighted by Crippen LogP contribution is -2.15. The molecule has 2 N–H and O–H groups in total. The van der Waals surface area contributed by atoms with E-state index in [1.54, 1.807) is 55.6 Å². The fourth-order valence-corrected chi connectivity index (χ4v) is 4.30. The van der Waals surface area contributed by atoms with E-state index in [2.05, 4.69) is 10.3 Å². The number of aryl methyl sites for hydroxylation is 1. The Morgan fingerprint density at radius 3 is 2.51 bits per heavy atom. The fraction of sp³-hybridized carbons (Fsp3) is 0.0385. The van der Waals surface area contributed by atoms with Crippen molar-refractivity contribution in [2.75, 3.05) is 5.73 Å². The first-order valence-corrected chi connectivity index (χ1v) is 10.7. The van der Waals surface area contributed by atoms with Crippen LogP contribution >= 0.6 is 0 Å². The zero-order valence-electron chi connectivity index (χ0n) is 18.4. The van der Waals surface area contributed by atoms with Crippen molar-refractivity contribution in [3.63, 3.8) is 0 Å². The highest BCUT2D eigenvalue weighted by molar-refractivity contribution is 5.91. The van der Waals surface area contributed by atoms with Crippen molar-refractivity contribution in [3.05, 3.63) is 101 Å². The average Bonchev–Trinajstić information content (AvgIpc) is 3.40. The second-order valence-electron chi connectivity index (χ2n) is 8.14. The molecule has 6 rings (SSSR count). The minimum atomic E-state index is -0.655. The van der Waals surface area contributed by atoms with E-state index in [4.69, 9.17) is 10.3 Å². The molecule has 0 spiro atoms. The minimum Gasteiger partial charge on any atom is -0.380 e. The molecular weight excluding hydrogens is 452 g/mol. The number of hydrogen-bond acceptors (Lipinski definition) is 5. The SMILES string of the molecule is Cc1nn(-c2ccc3onc(N)c3c2)c2c(F)c(-c3ccc(-n4ccccc4=O)cc3F)ccc12. The highest BCUT2D eigenvalue weighted by atomic mass is 19.1. The van der Waals surface area contributed by atoms with Gasteiger partial charge >= 0.3 is 0 Å². The van der Waals surface area contributed by atoms with E-state index in [1.165, 1.54) is 33.5 Å². The molecule has 0 saturated heterocycles. The van der Waals surface area contributed by atoms with E-state index >= 15 is 8.78 Å². The zero-order chi connectivity index (χ0) is 24.3. The minimum absolute atomic E-state index is 0.0706. The molecule has 0 unspecified atom stereocenters. The molecule has 0 amide bonds. The van der Waals surface area contributed by atoms with Crippen molar-refractivity contribution in [2.45, 2.75) is 6.92 Å². The van der Waals surface area contributed by atoms with Crippen LogP contribution in [0.5, 0.6) is 0 Å². The molecule has 0 aliphatic heterocycles. The summed E-state index contributed by atoms with van der Waals surface area (Å²) in [6, 6.07) is 17.3. The van der Waals surface area contributed by atoms with Crippen LogP contribution in [0.3, 0.4) is 0 Å². The molecule has 0 bridgehead atoms. The van der Waals surface area contributed by atoms with Crippen LogP contribution < -0.4 is 11.3 Å². The second-order valence-corrected chi connectivity index (χ2v) is 8.14. The monoisotopic (exact) mass is 469 g/mol. The number of halogens is 2. The van der Waals surface area contributed by atoms with Crippen molar-refractivity contribution in [2.24, 2.45) is 0 Å². The number of hydrogen-bond donors (Lipinski definition) is 1. The van der Waals surface area contributed by atoms with Crippen molar-refractivity contribution >= 4 is 27.7 Å². The van der Waals surface area contributed by atoms with Gasteiger partial charge in [-0.05, 0) is 49.4 Å². The molecule has 172 valence electrons. The third-order valence-corrected chi connectivity index (χ3v) is 6.04. The Kier molecular flexibility index (Phi) is 4.53. The van der Waals surface area contributed by atoms with E-state index in [0.29, 0.717) is 33.4 Å². The predicted molar refractivity (Wildman–Crippen MR) is 129 cm³/mol. The number of benzene rings is 3. The normalized spacial score (nSPS) is 11.5. The first kappa shape index (κ1) is 20.8. The number of nitrogens with zero attached hydrogens (tertiary/aromatic N) is 4. The molecular formula is C26H17F2N5O2. The Morgan fingerprint density at radius 2 is 1.71 bits per heavy atom. The summed E-state index contributed by atoms with van der Waals surface area (Å²) in [4.78, 5) is 12.1. The summed E-state index contributed by atoms with van der Waals surface area (Å²) in [5.41, 5.74) is 7.96. The highest BCUT2D eigenvalue weighted by Gasteiger charge is 2.20. The third kappa shape index (κ3) is 3.20. The molecule has 3 heterocycles. The number of rotatable bonds is 3. The van der Waals surface area contributed by atoms with Crippen LogP contribution in [0.2, 0.25) is 0 Å². The summed E-state index contributed by atoms with van der Waals surface area (Å²) in [5, 5.41) is 9.44. The summed E-state index contributed by atoms with van der Waals surface area (Å²) in [5.74, 6) is -1.06. The van der Waals surface area contributed by atoms with Crippen LogP contribution in [0.4, 0.5) is 14.6 Å². The molecule has 0 radical (unpaired) electrons. The van der Waals surface area contributed by atoms with Crippen LogP contribution in [0.25, 0.3) is 44.4 Å². The summed E-state index contributed by atoms with van der Waals surface area (Å²) in [6.45, 7) is 1.78. The topological polar surface area (TPSA) is 91.9 Å². The lowest BCUT2D eigenvalue weighted by molar-refractivity contribution is 0.460. The van der Waals surface area contributed by atoms with Gasteiger partial charge in [0.25, 0.3) is 5.56 Å². The van der Waals surface area contributed by atoms with Crippen LogP contribution in [0.15, 0.2) is 82.2 Å². The van der Waals surface area contributed by atoms with Crippen molar-refractivity contribution in [1.82, 2.24) is 19.5 Å². The average molecular weight is 469 g/mol. The van der Waals surface area contributed by atoms with Crippen molar-refractivity contribution in [3.8, 4) is 22.5 Å². The standard InChI is InChI=1S/C26H17F2N5O2/c1-14-17-8-9-19(18-7-5-15(13-21(18)27)32-11-3-2-4-23(32)34)24(28)25(17)33(30-14)16-6-10-22-20(12-16)26(29)31-35-22/h2-13H,1H3,(H2,29,31). The smallest absolute Gasteiger partial charge is 0.255 e. The quantitative estimate of drug-likeness (QED) is 0.387. The van der Waals surface area contributed by atoms with Gasteiger partial charge in [-0.1, -0.05) is 23.4 Å². The number of aromatic nitrogens is 4. The van der Waals surface area contributed by atoms with Crippen LogP contribution in [0.1, 0.15) is 5.69 Å². The Morgan fingerprint density at radius 1 is 0.914 bits per heavy atom. The summed E-state index contributed by atoms with van der Waals surface area (Å²) >= 11 is 0. The Bertz CT molecular complexity index is 1830. The van der Waals surface area contributed by atoms with Gasteiger partial charge in [-0.2, -0.15) is 5.10 Å². The second kappa shape index (κ2) is 7.63. The number of fused-ring (bicyclic) bond motifs is 2. The summed E-state index contributed by atoms with van der Waals surface area (Å²) in [7, 11) is 0. The van der Waals surface area contributed by atoms with Crippen LogP contribution in [-0.2, 0) is 0 Å². The number of nitrogens with two attached hydrogens (primary N) is 1. The van der Waals surface area contributed by atoms with Gasteiger partial charge < -0.3 is 10.3 Å². The van der Waals surface area contributed by atoms with E-state index < -0.39 is 11.6 Å². The Balaban J connectivity index is 1.53. The molecule has 3 aromatic heterocycles. The largest absolute Gasteiger partial charge is 0.380 e. The Hall–Kier alpha value is -4.79. The maximum absolute atomic E-state index is 16.0. The summed E-state index contributed by atoms with van der Waals surface area (Å²) < 4.78 is 39.1. The number of pyridine rings is 1. The van der Waals surface area contributed by atoms with E-state index in [-0.39, 0.29) is 28.0 Å². The van der Waals surface area contributed by atoms with Gasteiger partial charge in [0, 0.05) is 28.8 Å². The molecule has 0 saturated carbocycles. The summed E-state index contributed by atoms with van der Waals surface area (Å²) in [6.07, 6.45) is 1.55. The highest BCUT2D eigenvalue weighted by Crippen LogP contribution is 2.34. The molecule has 0 aliphatic rings. The zero-order valence-corrected chi connectivity index (χ0v) is 18.4. The maximum Gasteiger partial charge on any atom is 0.255 e. The molecule has 0 atom stereocenters. The van der Waals surface area contributed by atoms with Gasteiger partial charge in [-0.25, -0.2) is 13.5 Å². The maximum atomic E-state index is 16.0. The molecule has 7 nitrogen and oxygen atoms in total. The first-order valence-electron chi connectivity index (χ1n) is 10.7. The first-order chi connectivity index (χ1) is 16.9. The lowest BCUT2D eigenvalue weighted by atomic mass is 10.0. The van der Waals surface area contributed by atoms with Crippen molar-refractivity contribution < 1.29 is 13.3 Å². The Labute approximate surface area is 196 Å². The van der Waals surface area contributed by atoms with E-state index in [1.807, 2.05) is 0 Å². The fourth-order valence-electron chi connectivity index (χ4n) is 4.30. The van der Waals surface area contributed by atoms with Gasteiger partial charge in [0.1, 0.15) is 11.3 Å². The van der Waals surface area contributed by atoms with Gasteiger partial charge in [-0.15, -0.1) is 0 Å². The van der Waals surface area contributed by atoms with Crippen LogP contribution in [0, 0.1) is 18.6 Å². The van der Waals surface area contributed by atoms with Gasteiger partial charge in [0.05, 0.1) is 22.5 Å². The van der Waals surface area contributed by atoms with Gasteiger partial charge in [0.2, 0.25) is 0 Å². The number of anilines is 1. The lowest BCUT2D eigenvalue weighted by Gasteiger charge is -2.11. The van der Waals surface area contributed by atoms with Crippen LogP contribution in [-0.4, -0.2) is 19.5 Å². The molecule has 3 aromatic carbocycles. The van der Waals surface area contributed by atoms with E-state index in [0.717, 1.165) is 0 Å². The third-order valence-electron chi connectivity index (χ3n) is 6.04. The number of nitrogen functional groups attached to an aromatic ring is 1. The molecule has 0 aliphatic carbocycles. The predicted octanol–water partition coefficient (Wildman–Crippen LogP) is 5.15. The van der Waals surface area contributed by atoms with E-state index in [9.17, 15) is 4.79 Å².